The third-order valence-corrected chi connectivity index (χ3v) is 2.49. The van der Waals surface area contributed by atoms with Crippen molar-refractivity contribution in [3.63, 3.8) is 0 Å². The summed E-state index contributed by atoms with van der Waals surface area (Å²) in [6, 6.07) is 7.42. The SMILES string of the molecule is CN1C(=O)N=C(N)C(=NC(=O)c2ccccc2)C1=O. The smallest absolute Gasteiger partial charge is 0.352 e. The number of urea groups is 1. The monoisotopic (exact) mass is 258 g/mol. The number of aliphatic imine (C=N–C) groups is 2. The molecule has 2 rings (SSSR count). The second kappa shape index (κ2) is 4.81. The first-order valence-corrected chi connectivity index (χ1v) is 5.35. The maximum absolute atomic E-state index is 11.8. The van der Waals surface area contributed by atoms with Crippen LogP contribution in [0.4, 0.5) is 4.79 Å². The summed E-state index contributed by atoms with van der Waals surface area (Å²) in [4.78, 5) is 42.6. The molecule has 7 heteroatoms. The van der Waals surface area contributed by atoms with Crippen molar-refractivity contribution in [2.24, 2.45) is 15.7 Å². The van der Waals surface area contributed by atoms with Crippen molar-refractivity contribution < 1.29 is 14.4 Å². The summed E-state index contributed by atoms with van der Waals surface area (Å²) in [6.45, 7) is 0. The Bertz CT molecular complexity index is 619. The van der Waals surface area contributed by atoms with Crippen LogP contribution in [-0.2, 0) is 4.79 Å². The zero-order valence-electron chi connectivity index (χ0n) is 10.0. The molecule has 1 aliphatic rings. The van der Waals surface area contributed by atoms with Gasteiger partial charge in [-0.2, -0.15) is 9.98 Å². The molecule has 0 fully saturated rings. The molecule has 7 nitrogen and oxygen atoms in total. The van der Waals surface area contributed by atoms with Crippen LogP contribution >= 0.6 is 0 Å². The third-order valence-electron chi connectivity index (χ3n) is 2.49. The molecule has 0 unspecified atom stereocenters. The summed E-state index contributed by atoms with van der Waals surface area (Å²) >= 11 is 0. The van der Waals surface area contributed by atoms with Gasteiger partial charge in [-0.1, -0.05) is 18.2 Å². The van der Waals surface area contributed by atoms with Crippen molar-refractivity contribution in [2.45, 2.75) is 0 Å². The molecule has 1 aromatic rings. The van der Waals surface area contributed by atoms with Crippen LogP contribution in [0.5, 0.6) is 0 Å². The number of imide groups is 1. The molecule has 0 saturated heterocycles. The van der Waals surface area contributed by atoms with Gasteiger partial charge >= 0.3 is 6.03 Å². The Morgan fingerprint density at radius 3 is 2.53 bits per heavy atom. The Morgan fingerprint density at radius 1 is 1.26 bits per heavy atom. The van der Waals surface area contributed by atoms with Gasteiger partial charge in [-0.15, -0.1) is 0 Å². The van der Waals surface area contributed by atoms with Crippen molar-refractivity contribution >= 4 is 29.4 Å². The Balaban J connectivity index is 2.38. The Labute approximate surface area is 108 Å². The van der Waals surface area contributed by atoms with Gasteiger partial charge in [0.15, 0.2) is 11.5 Å². The normalized spacial score (nSPS) is 17.6. The lowest BCUT2D eigenvalue weighted by Crippen LogP contribution is -2.48. The number of nitrogens with zero attached hydrogens (tertiary/aromatic N) is 3. The lowest BCUT2D eigenvalue weighted by Gasteiger charge is -2.18. The molecular formula is C12H10N4O3. The third kappa shape index (κ3) is 2.39. The summed E-state index contributed by atoms with van der Waals surface area (Å²) in [5.41, 5.74) is 5.44. The van der Waals surface area contributed by atoms with Crippen molar-refractivity contribution in [1.29, 1.82) is 0 Å². The fraction of sp³-hybridized carbons (Fsp3) is 0.0833. The van der Waals surface area contributed by atoms with Crippen molar-refractivity contribution in [2.75, 3.05) is 7.05 Å². The molecule has 2 N–H and O–H groups in total. The molecule has 96 valence electrons. The number of hydrogen-bond acceptors (Lipinski definition) is 4. The molecule has 0 spiro atoms. The predicted octanol–water partition coefficient (Wildman–Crippen LogP) is 0.217. The molecule has 0 aromatic heterocycles. The molecule has 0 atom stereocenters. The van der Waals surface area contributed by atoms with Crippen LogP contribution in [0.15, 0.2) is 40.3 Å². The van der Waals surface area contributed by atoms with Gasteiger partial charge in [0.1, 0.15) is 0 Å². The fourth-order valence-corrected chi connectivity index (χ4v) is 1.44. The lowest BCUT2D eigenvalue weighted by atomic mass is 10.2. The zero-order chi connectivity index (χ0) is 14.0. The van der Waals surface area contributed by atoms with Crippen LogP contribution < -0.4 is 5.73 Å². The van der Waals surface area contributed by atoms with E-state index in [1.807, 2.05) is 0 Å². The van der Waals surface area contributed by atoms with Gasteiger partial charge in [-0.3, -0.25) is 14.5 Å². The van der Waals surface area contributed by atoms with E-state index in [-0.39, 0.29) is 11.5 Å². The summed E-state index contributed by atoms with van der Waals surface area (Å²) in [5.74, 6) is -1.72. The summed E-state index contributed by atoms with van der Waals surface area (Å²) in [7, 11) is 1.24. The largest absolute Gasteiger partial charge is 0.382 e. The van der Waals surface area contributed by atoms with E-state index in [1.165, 1.54) is 7.05 Å². The Kier molecular flexibility index (Phi) is 3.19. The first-order chi connectivity index (χ1) is 9.00. The highest BCUT2D eigenvalue weighted by Crippen LogP contribution is 2.05. The van der Waals surface area contributed by atoms with E-state index in [4.69, 9.17) is 5.73 Å². The first-order valence-electron chi connectivity index (χ1n) is 5.35. The number of amides is 4. The van der Waals surface area contributed by atoms with Crippen molar-refractivity contribution in [3.8, 4) is 0 Å². The van der Waals surface area contributed by atoms with Crippen LogP contribution in [0, 0.1) is 0 Å². The average Bonchev–Trinajstić information content (AvgIpc) is 2.42. The lowest BCUT2D eigenvalue weighted by molar-refractivity contribution is -0.120. The van der Waals surface area contributed by atoms with Crippen LogP contribution in [0.25, 0.3) is 0 Å². The number of hydrogen-bond donors (Lipinski definition) is 1. The molecule has 0 saturated carbocycles. The van der Waals surface area contributed by atoms with Crippen molar-refractivity contribution in [3.05, 3.63) is 35.9 Å². The van der Waals surface area contributed by atoms with E-state index in [0.717, 1.165) is 4.90 Å². The average molecular weight is 258 g/mol. The predicted molar refractivity (Wildman–Crippen MR) is 68.0 cm³/mol. The molecule has 0 aliphatic carbocycles. The minimum Gasteiger partial charge on any atom is -0.382 e. The second-order valence-corrected chi connectivity index (χ2v) is 3.78. The van der Waals surface area contributed by atoms with Crippen LogP contribution in [0.2, 0.25) is 0 Å². The maximum atomic E-state index is 11.8. The molecule has 1 aliphatic heterocycles. The Morgan fingerprint density at radius 2 is 1.89 bits per heavy atom. The number of carbonyl (C=O) groups excluding carboxylic acids is 3. The summed E-state index contributed by atoms with van der Waals surface area (Å²) in [6.07, 6.45) is 0. The van der Waals surface area contributed by atoms with Gasteiger partial charge in [0, 0.05) is 12.6 Å². The number of benzene rings is 1. The molecule has 0 bridgehead atoms. The van der Waals surface area contributed by atoms with Gasteiger partial charge in [-0.05, 0) is 12.1 Å². The second-order valence-electron chi connectivity index (χ2n) is 3.78. The van der Waals surface area contributed by atoms with Crippen LogP contribution in [-0.4, -0.2) is 41.3 Å². The highest BCUT2D eigenvalue weighted by atomic mass is 16.2. The highest BCUT2D eigenvalue weighted by Gasteiger charge is 2.31. The van der Waals surface area contributed by atoms with E-state index in [9.17, 15) is 14.4 Å². The first kappa shape index (κ1) is 12.6. The molecule has 1 aromatic carbocycles. The van der Waals surface area contributed by atoms with Gasteiger partial charge in [0.2, 0.25) is 0 Å². The molecule has 0 radical (unpaired) electrons. The highest BCUT2D eigenvalue weighted by molar-refractivity contribution is 6.69. The minimum atomic E-state index is -0.784. The van der Waals surface area contributed by atoms with Crippen LogP contribution in [0.1, 0.15) is 10.4 Å². The zero-order valence-corrected chi connectivity index (χ0v) is 10.0. The van der Waals surface area contributed by atoms with E-state index < -0.39 is 17.8 Å². The fourth-order valence-electron chi connectivity index (χ4n) is 1.44. The molecule has 4 amide bonds. The molecule has 1 heterocycles. The van der Waals surface area contributed by atoms with Crippen molar-refractivity contribution in [1.82, 2.24) is 4.90 Å². The molecule has 19 heavy (non-hydrogen) atoms. The Hall–Kier alpha value is -2.83. The number of amidine groups is 1. The standard InChI is InChI=1S/C12H10N4O3/c1-16-11(18)8(9(13)15-12(16)19)14-10(17)7-5-3-2-4-6-7/h2-6H,1H3,(H2,13,15,19). The van der Waals surface area contributed by atoms with Gasteiger partial charge in [0.05, 0.1) is 0 Å². The van der Waals surface area contributed by atoms with Gasteiger partial charge in [-0.25, -0.2) is 4.79 Å². The topological polar surface area (TPSA) is 105 Å². The number of rotatable bonds is 1. The van der Waals surface area contributed by atoms with E-state index in [0.29, 0.717) is 5.56 Å². The van der Waals surface area contributed by atoms with E-state index in [2.05, 4.69) is 9.98 Å². The number of nitrogens with two attached hydrogens (primary N) is 1. The summed E-state index contributed by atoms with van der Waals surface area (Å²) < 4.78 is 0. The quantitative estimate of drug-likeness (QED) is 0.777. The maximum Gasteiger partial charge on any atom is 0.352 e. The van der Waals surface area contributed by atoms with E-state index in [1.54, 1.807) is 30.3 Å². The molecular weight excluding hydrogens is 248 g/mol. The van der Waals surface area contributed by atoms with Gasteiger partial charge < -0.3 is 5.73 Å². The summed E-state index contributed by atoms with van der Waals surface area (Å²) in [5, 5.41) is 0. The minimum absolute atomic E-state index is 0.315. The van der Waals surface area contributed by atoms with Crippen LogP contribution in [0.3, 0.4) is 0 Å². The van der Waals surface area contributed by atoms with E-state index >= 15 is 0 Å². The van der Waals surface area contributed by atoms with Gasteiger partial charge in [0.25, 0.3) is 11.8 Å². The number of carbonyl (C=O) groups is 3.